The monoisotopic (exact) mass is 361 g/mol. The molecule has 5 heteroatoms. The van der Waals surface area contributed by atoms with Gasteiger partial charge >= 0.3 is 0 Å². The third-order valence-corrected chi connectivity index (χ3v) is 4.39. The van der Waals surface area contributed by atoms with Crippen molar-refractivity contribution in [3.8, 4) is 5.69 Å². The molecule has 0 saturated heterocycles. The molecule has 4 aromatic rings. The lowest BCUT2D eigenvalue weighted by molar-refractivity contribution is 0.223. The van der Waals surface area contributed by atoms with Crippen molar-refractivity contribution in [1.29, 1.82) is 0 Å². The van der Waals surface area contributed by atoms with Gasteiger partial charge in [-0.3, -0.25) is 9.88 Å². The fourth-order valence-electron chi connectivity index (χ4n) is 3.19. The second-order valence-electron chi connectivity index (χ2n) is 6.44. The maximum absolute atomic E-state index is 13.6. The average Bonchev–Trinajstić information content (AvgIpc) is 3.34. The van der Waals surface area contributed by atoms with Gasteiger partial charge in [0.05, 0.1) is 12.8 Å². The maximum Gasteiger partial charge on any atom is 0.125 e. The Morgan fingerprint density at radius 2 is 1.93 bits per heavy atom. The smallest absolute Gasteiger partial charge is 0.125 e. The van der Waals surface area contributed by atoms with Crippen molar-refractivity contribution in [3.05, 3.63) is 108 Å². The highest BCUT2D eigenvalue weighted by molar-refractivity contribution is 5.35. The zero-order valence-electron chi connectivity index (χ0n) is 14.8. The first-order valence-electron chi connectivity index (χ1n) is 8.84. The Hall–Kier alpha value is -3.18. The third-order valence-electron chi connectivity index (χ3n) is 4.39. The molecule has 1 aromatic carbocycles. The van der Waals surface area contributed by atoms with Gasteiger partial charge in [-0.25, -0.2) is 4.39 Å². The molecule has 4 nitrogen and oxygen atoms in total. The number of hydrogen-bond donors (Lipinski definition) is 0. The van der Waals surface area contributed by atoms with Crippen molar-refractivity contribution in [2.75, 3.05) is 0 Å². The molecule has 4 rings (SSSR count). The summed E-state index contributed by atoms with van der Waals surface area (Å²) in [5.74, 6) is 0.665. The lowest BCUT2D eigenvalue weighted by Crippen LogP contribution is -2.23. The van der Waals surface area contributed by atoms with Gasteiger partial charge in [-0.1, -0.05) is 12.1 Å². The van der Waals surface area contributed by atoms with E-state index in [0.717, 1.165) is 29.2 Å². The number of aromatic nitrogens is 2. The first kappa shape index (κ1) is 17.2. The van der Waals surface area contributed by atoms with Gasteiger partial charge in [0.15, 0.2) is 0 Å². The van der Waals surface area contributed by atoms with Crippen LogP contribution in [0.3, 0.4) is 0 Å². The second kappa shape index (κ2) is 8.01. The summed E-state index contributed by atoms with van der Waals surface area (Å²) < 4.78 is 21.2. The quantitative estimate of drug-likeness (QED) is 0.474. The zero-order valence-corrected chi connectivity index (χ0v) is 14.8. The summed E-state index contributed by atoms with van der Waals surface area (Å²) in [7, 11) is 0. The first-order valence-corrected chi connectivity index (χ1v) is 8.84. The van der Waals surface area contributed by atoms with Crippen LogP contribution in [0.2, 0.25) is 0 Å². The van der Waals surface area contributed by atoms with Crippen LogP contribution in [0.1, 0.15) is 17.0 Å². The molecule has 3 aromatic heterocycles. The van der Waals surface area contributed by atoms with Gasteiger partial charge in [0.2, 0.25) is 0 Å². The Balaban J connectivity index is 1.59. The van der Waals surface area contributed by atoms with E-state index in [0.29, 0.717) is 13.1 Å². The molecule has 0 aliphatic carbocycles. The molecule has 0 radical (unpaired) electrons. The van der Waals surface area contributed by atoms with Crippen LogP contribution < -0.4 is 0 Å². The minimum Gasteiger partial charge on any atom is -0.468 e. The standard InChI is InChI=1S/C22H20FN3O/c23-19-6-1-7-20(13-19)26-11-3-8-21(26)16-25(17-22-9-4-12-27-22)15-18-5-2-10-24-14-18/h1-14H,15-17H2. The minimum atomic E-state index is -0.241. The van der Waals surface area contributed by atoms with E-state index in [1.807, 2.05) is 47.3 Å². The summed E-state index contributed by atoms with van der Waals surface area (Å²) >= 11 is 0. The van der Waals surface area contributed by atoms with Crippen LogP contribution in [0.25, 0.3) is 5.69 Å². The van der Waals surface area contributed by atoms with Crippen molar-refractivity contribution in [2.45, 2.75) is 19.6 Å². The summed E-state index contributed by atoms with van der Waals surface area (Å²) in [5, 5.41) is 0. The van der Waals surface area contributed by atoms with Crippen molar-refractivity contribution in [2.24, 2.45) is 0 Å². The maximum atomic E-state index is 13.6. The van der Waals surface area contributed by atoms with Crippen LogP contribution in [0.4, 0.5) is 4.39 Å². The van der Waals surface area contributed by atoms with E-state index in [1.165, 1.54) is 6.07 Å². The number of furan rings is 1. The van der Waals surface area contributed by atoms with E-state index >= 15 is 0 Å². The molecule has 0 atom stereocenters. The van der Waals surface area contributed by atoms with Crippen molar-refractivity contribution in [3.63, 3.8) is 0 Å². The van der Waals surface area contributed by atoms with E-state index in [2.05, 4.69) is 22.0 Å². The van der Waals surface area contributed by atoms with E-state index in [4.69, 9.17) is 4.42 Å². The molecule has 136 valence electrons. The van der Waals surface area contributed by atoms with Gasteiger partial charge in [-0.15, -0.1) is 0 Å². The molecule has 0 N–H and O–H groups in total. The summed E-state index contributed by atoms with van der Waals surface area (Å²) in [6.45, 7) is 2.11. The summed E-state index contributed by atoms with van der Waals surface area (Å²) in [5.41, 5.74) is 3.03. The number of nitrogens with zero attached hydrogens (tertiary/aromatic N) is 3. The van der Waals surface area contributed by atoms with E-state index < -0.39 is 0 Å². The van der Waals surface area contributed by atoms with E-state index in [9.17, 15) is 4.39 Å². The van der Waals surface area contributed by atoms with Crippen LogP contribution >= 0.6 is 0 Å². The van der Waals surface area contributed by atoms with Crippen molar-refractivity contribution >= 4 is 0 Å². The van der Waals surface area contributed by atoms with Gasteiger partial charge in [0, 0.05) is 43.1 Å². The second-order valence-corrected chi connectivity index (χ2v) is 6.44. The first-order chi connectivity index (χ1) is 13.3. The summed E-state index contributed by atoms with van der Waals surface area (Å²) in [6.07, 6.45) is 7.29. The normalized spacial score (nSPS) is 11.2. The van der Waals surface area contributed by atoms with Crippen LogP contribution in [-0.2, 0) is 19.6 Å². The highest BCUT2D eigenvalue weighted by Gasteiger charge is 2.13. The number of halogens is 1. The molecular weight excluding hydrogens is 341 g/mol. The third kappa shape index (κ3) is 4.33. The van der Waals surface area contributed by atoms with Gasteiger partial charge in [0.25, 0.3) is 0 Å². The van der Waals surface area contributed by atoms with Gasteiger partial charge < -0.3 is 8.98 Å². The zero-order chi connectivity index (χ0) is 18.5. The van der Waals surface area contributed by atoms with Gasteiger partial charge in [-0.2, -0.15) is 0 Å². The van der Waals surface area contributed by atoms with Gasteiger partial charge in [0.1, 0.15) is 11.6 Å². The minimum absolute atomic E-state index is 0.241. The molecule has 0 spiro atoms. The Kier molecular flexibility index (Phi) is 5.12. The Morgan fingerprint density at radius 3 is 2.70 bits per heavy atom. The van der Waals surface area contributed by atoms with Crippen LogP contribution in [0, 0.1) is 5.82 Å². The Morgan fingerprint density at radius 1 is 0.963 bits per heavy atom. The lowest BCUT2D eigenvalue weighted by atomic mass is 10.2. The van der Waals surface area contributed by atoms with Crippen molar-refractivity contribution in [1.82, 2.24) is 14.5 Å². The predicted octanol–water partition coefficient (Wildman–Crippen LogP) is 4.81. The topological polar surface area (TPSA) is 34.2 Å². The molecule has 0 amide bonds. The molecule has 3 heterocycles. The van der Waals surface area contributed by atoms with Crippen LogP contribution in [0.5, 0.6) is 0 Å². The highest BCUT2D eigenvalue weighted by Crippen LogP contribution is 2.18. The van der Waals surface area contributed by atoms with Gasteiger partial charge in [-0.05, 0) is 54.1 Å². The SMILES string of the molecule is Fc1cccc(-n2cccc2CN(Cc2cccnc2)Cc2ccco2)c1. The van der Waals surface area contributed by atoms with Crippen molar-refractivity contribution < 1.29 is 8.81 Å². The number of rotatable bonds is 7. The molecular formula is C22H20FN3O. The molecule has 0 aliphatic rings. The molecule has 0 aliphatic heterocycles. The fourth-order valence-corrected chi connectivity index (χ4v) is 3.19. The molecule has 0 bridgehead atoms. The Bertz CT molecular complexity index is 980. The predicted molar refractivity (Wildman–Crippen MR) is 102 cm³/mol. The Labute approximate surface area is 157 Å². The summed E-state index contributed by atoms with van der Waals surface area (Å²) in [4.78, 5) is 6.49. The van der Waals surface area contributed by atoms with Crippen LogP contribution in [0.15, 0.2) is 89.9 Å². The van der Waals surface area contributed by atoms with Crippen LogP contribution in [-0.4, -0.2) is 14.5 Å². The largest absolute Gasteiger partial charge is 0.468 e. The average molecular weight is 361 g/mol. The number of pyridine rings is 1. The summed E-state index contributed by atoms with van der Waals surface area (Å²) in [6, 6.07) is 18.5. The molecule has 0 unspecified atom stereocenters. The fraction of sp³-hybridized carbons (Fsp3) is 0.136. The highest BCUT2D eigenvalue weighted by atomic mass is 19.1. The number of hydrogen-bond acceptors (Lipinski definition) is 3. The van der Waals surface area contributed by atoms with E-state index in [1.54, 1.807) is 24.6 Å². The number of benzene rings is 1. The molecule has 0 fully saturated rings. The lowest BCUT2D eigenvalue weighted by Gasteiger charge is -2.22. The van der Waals surface area contributed by atoms with E-state index in [-0.39, 0.29) is 5.82 Å². The molecule has 27 heavy (non-hydrogen) atoms. The molecule has 0 saturated carbocycles.